The van der Waals surface area contributed by atoms with Crippen LogP contribution in [0, 0.1) is 5.82 Å². The van der Waals surface area contributed by atoms with Gasteiger partial charge in [-0.1, -0.05) is 30.3 Å². The number of carbonyl (C=O) groups is 1. The number of benzene rings is 2. The average Bonchev–Trinajstić information content (AvgIpc) is 3.28. The SMILES string of the molecule is O=C(NCC1(c2ccc(F)cc2)CC1)Oc1ccccc1. The Morgan fingerprint density at radius 3 is 2.38 bits per heavy atom. The fourth-order valence-corrected chi connectivity index (χ4v) is 2.39. The Kier molecular flexibility index (Phi) is 3.60. The Morgan fingerprint density at radius 2 is 1.76 bits per heavy atom. The Bertz CT molecular complexity index is 621. The van der Waals surface area contributed by atoms with Gasteiger partial charge in [-0.25, -0.2) is 9.18 Å². The first-order chi connectivity index (χ1) is 10.2. The molecule has 0 bridgehead atoms. The summed E-state index contributed by atoms with van der Waals surface area (Å²) in [6, 6.07) is 15.4. The summed E-state index contributed by atoms with van der Waals surface area (Å²) in [6.07, 6.45) is 1.52. The molecule has 1 aliphatic carbocycles. The summed E-state index contributed by atoms with van der Waals surface area (Å²) in [4.78, 5) is 11.8. The van der Waals surface area contributed by atoms with Crippen LogP contribution in [0.15, 0.2) is 54.6 Å². The predicted molar refractivity (Wildman–Crippen MR) is 77.8 cm³/mol. The number of hydrogen-bond donors (Lipinski definition) is 1. The van der Waals surface area contributed by atoms with Gasteiger partial charge >= 0.3 is 6.09 Å². The third kappa shape index (κ3) is 3.21. The molecule has 0 spiro atoms. The van der Waals surface area contributed by atoms with Gasteiger partial charge in [0, 0.05) is 12.0 Å². The summed E-state index contributed by atoms with van der Waals surface area (Å²) in [5, 5.41) is 2.79. The standard InChI is InChI=1S/C17H16FNO2/c18-14-8-6-13(7-9-14)17(10-11-17)12-19-16(20)21-15-4-2-1-3-5-15/h1-9H,10-12H2,(H,19,20). The summed E-state index contributed by atoms with van der Waals surface area (Å²) in [5.74, 6) is 0.271. The maximum atomic E-state index is 13.0. The molecular formula is C17H16FNO2. The maximum Gasteiger partial charge on any atom is 0.412 e. The second-order valence-electron chi connectivity index (χ2n) is 5.34. The van der Waals surface area contributed by atoms with Crippen LogP contribution in [0.2, 0.25) is 0 Å². The normalized spacial score (nSPS) is 15.3. The van der Waals surface area contributed by atoms with Gasteiger partial charge in [-0.05, 0) is 42.7 Å². The maximum absolute atomic E-state index is 13.0. The molecule has 2 aromatic carbocycles. The Balaban J connectivity index is 1.57. The fourth-order valence-electron chi connectivity index (χ4n) is 2.39. The molecule has 0 saturated heterocycles. The number of amides is 1. The van der Waals surface area contributed by atoms with Crippen molar-refractivity contribution in [2.45, 2.75) is 18.3 Å². The average molecular weight is 285 g/mol. The third-order valence-electron chi connectivity index (χ3n) is 3.84. The predicted octanol–water partition coefficient (Wildman–Crippen LogP) is 3.65. The molecule has 3 nitrogen and oxygen atoms in total. The van der Waals surface area contributed by atoms with Crippen molar-refractivity contribution >= 4 is 6.09 Å². The molecule has 3 rings (SSSR count). The van der Waals surface area contributed by atoms with Gasteiger partial charge in [-0.3, -0.25) is 0 Å². The molecule has 4 heteroatoms. The number of hydrogen-bond acceptors (Lipinski definition) is 2. The molecule has 0 aliphatic heterocycles. The van der Waals surface area contributed by atoms with Gasteiger partial charge in [0.1, 0.15) is 11.6 Å². The van der Waals surface area contributed by atoms with E-state index in [1.54, 1.807) is 24.3 Å². The van der Waals surface area contributed by atoms with E-state index in [4.69, 9.17) is 4.74 Å². The summed E-state index contributed by atoms with van der Waals surface area (Å²) >= 11 is 0. The van der Waals surface area contributed by atoms with Gasteiger partial charge in [-0.15, -0.1) is 0 Å². The van der Waals surface area contributed by atoms with E-state index in [0.717, 1.165) is 18.4 Å². The monoisotopic (exact) mass is 285 g/mol. The zero-order chi connectivity index (χ0) is 14.7. The quantitative estimate of drug-likeness (QED) is 0.931. The smallest absolute Gasteiger partial charge is 0.410 e. The number of ether oxygens (including phenoxy) is 1. The van der Waals surface area contributed by atoms with Crippen LogP contribution in [0.3, 0.4) is 0 Å². The van der Waals surface area contributed by atoms with E-state index < -0.39 is 6.09 Å². The molecule has 1 fully saturated rings. The van der Waals surface area contributed by atoms with Crippen LogP contribution in [0.25, 0.3) is 0 Å². The van der Waals surface area contributed by atoms with E-state index >= 15 is 0 Å². The van der Waals surface area contributed by atoms with Gasteiger partial charge in [0.2, 0.25) is 0 Å². The van der Waals surface area contributed by atoms with Crippen molar-refractivity contribution in [1.29, 1.82) is 0 Å². The molecular weight excluding hydrogens is 269 g/mol. The molecule has 2 aromatic rings. The first-order valence-corrected chi connectivity index (χ1v) is 6.95. The molecule has 0 heterocycles. The van der Waals surface area contributed by atoms with Crippen LogP contribution in [0.5, 0.6) is 5.75 Å². The van der Waals surface area contributed by atoms with Gasteiger partial charge in [0.05, 0.1) is 0 Å². The van der Waals surface area contributed by atoms with E-state index in [1.807, 2.05) is 18.2 Å². The van der Waals surface area contributed by atoms with Crippen molar-refractivity contribution < 1.29 is 13.9 Å². The summed E-state index contributed by atoms with van der Waals surface area (Å²) in [7, 11) is 0. The van der Waals surface area contributed by atoms with Crippen molar-refractivity contribution in [3.63, 3.8) is 0 Å². The lowest BCUT2D eigenvalue weighted by Gasteiger charge is -2.16. The van der Waals surface area contributed by atoms with Gasteiger partial charge < -0.3 is 10.1 Å². The van der Waals surface area contributed by atoms with Crippen LogP contribution in [-0.4, -0.2) is 12.6 Å². The zero-order valence-corrected chi connectivity index (χ0v) is 11.5. The highest BCUT2D eigenvalue weighted by atomic mass is 19.1. The van der Waals surface area contributed by atoms with Crippen molar-refractivity contribution in [1.82, 2.24) is 5.32 Å². The minimum absolute atomic E-state index is 0.0661. The van der Waals surface area contributed by atoms with E-state index in [1.165, 1.54) is 12.1 Å². The second-order valence-corrected chi connectivity index (χ2v) is 5.34. The van der Waals surface area contributed by atoms with E-state index in [0.29, 0.717) is 12.3 Å². The Labute approximate surface area is 122 Å². The molecule has 1 saturated carbocycles. The summed E-state index contributed by atoms with van der Waals surface area (Å²) in [6.45, 7) is 0.504. The Hall–Kier alpha value is -2.36. The molecule has 0 atom stereocenters. The fraction of sp³-hybridized carbons (Fsp3) is 0.235. The highest BCUT2D eigenvalue weighted by molar-refractivity contribution is 5.70. The number of halogens is 1. The summed E-state index contributed by atoms with van der Waals surface area (Å²) in [5.41, 5.74) is 0.993. The lowest BCUT2D eigenvalue weighted by Crippen LogP contribution is -2.34. The lowest BCUT2D eigenvalue weighted by atomic mass is 9.96. The Morgan fingerprint density at radius 1 is 1.10 bits per heavy atom. The highest BCUT2D eigenvalue weighted by Crippen LogP contribution is 2.47. The molecule has 0 radical (unpaired) electrons. The van der Waals surface area contributed by atoms with Crippen molar-refractivity contribution in [3.8, 4) is 5.75 Å². The van der Waals surface area contributed by atoms with Crippen molar-refractivity contribution in [2.24, 2.45) is 0 Å². The van der Waals surface area contributed by atoms with E-state index in [9.17, 15) is 9.18 Å². The zero-order valence-electron chi connectivity index (χ0n) is 11.5. The molecule has 0 aromatic heterocycles. The van der Waals surface area contributed by atoms with Crippen LogP contribution < -0.4 is 10.1 Å². The topological polar surface area (TPSA) is 38.3 Å². The molecule has 1 N–H and O–H groups in total. The number of carbonyl (C=O) groups excluding carboxylic acids is 1. The van der Waals surface area contributed by atoms with Gasteiger partial charge in [0.25, 0.3) is 0 Å². The first kappa shape index (κ1) is 13.6. The molecule has 0 unspecified atom stereocenters. The second kappa shape index (κ2) is 5.56. The van der Waals surface area contributed by atoms with E-state index in [2.05, 4.69) is 5.32 Å². The van der Waals surface area contributed by atoms with Crippen LogP contribution in [0.4, 0.5) is 9.18 Å². The molecule has 108 valence electrons. The molecule has 21 heavy (non-hydrogen) atoms. The first-order valence-electron chi connectivity index (χ1n) is 6.95. The minimum atomic E-state index is -0.463. The van der Waals surface area contributed by atoms with Crippen LogP contribution in [0.1, 0.15) is 18.4 Å². The highest BCUT2D eigenvalue weighted by Gasteiger charge is 2.44. The van der Waals surface area contributed by atoms with Crippen LogP contribution >= 0.6 is 0 Å². The van der Waals surface area contributed by atoms with Crippen LogP contribution in [-0.2, 0) is 5.41 Å². The number of nitrogens with one attached hydrogen (secondary N) is 1. The van der Waals surface area contributed by atoms with Gasteiger partial charge in [-0.2, -0.15) is 0 Å². The number of para-hydroxylation sites is 1. The molecule has 1 aliphatic rings. The van der Waals surface area contributed by atoms with Gasteiger partial charge in [0.15, 0.2) is 0 Å². The van der Waals surface area contributed by atoms with E-state index in [-0.39, 0.29) is 11.2 Å². The van der Waals surface area contributed by atoms with Crippen molar-refractivity contribution in [3.05, 3.63) is 66.0 Å². The lowest BCUT2D eigenvalue weighted by molar-refractivity contribution is 0.199. The summed E-state index contributed by atoms with van der Waals surface area (Å²) < 4.78 is 18.1. The largest absolute Gasteiger partial charge is 0.412 e. The minimum Gasteiger partial charge on any atom is -0.410 e. The molecule has 1 amide bonds. The number of rotatable bonds is 4. The van der Waals surface area contributed by atoms with Crippen molar-refractivity contribution in [2.75, 3.05) is 6.54 Å². The third-order valence-corrected chi connectivity index (χ3v) is 3.84.